The second-order valence-electron chi connectivity index (χ2n) is 6.36. The summed E-state index contributed by atoms with van der Waals surface area (Å²) < 4.78 is 54.6. The van der Waals surface area contributed by atoms with Crippen molar-refractivity contribution in [1.29, 1.82) is 0 Å². The largest absolute Gasteiger partial charge is 0.504 e. The Morgan fingerprint density at radius 3 is 2.45 bits per heavy atom. The van der Waals surface area contributed by atoms with Crippen LogP contribution in [0, 0.1) is 0 Å². The van der Waals surface area contributed by atoms with Crippen LogP contribution < -0.4 is 9.47 Å². The van der Waals surface area contributed by atoms with Gasteiger partial charge in [-0.3, -0.25) is 9.36 Å². The molecule has 31 heavy (non-hydrogen) atoms. The number of halogens is 2. The molecule has 0 aliphatic rings. The second-order valence-corrected chi connectivity index (χ2v) is 8.01. The van der Waals surface area contributed by atoms with E-state index in [-0.39, 0.29) is 28.2 Å². The van der Waals surface area contributed by atoms with Gasteiger partial charge in [0.1, 0.15) is 11.3 Å². The third-order valence-corrected chi connectivity index (χ3v) is 5.47. The standard InChI is InChI=1S/C20H17F2O8P/c1-28-17-13-8-9-30-18(13)19(29-2)16(24)15(17)14(23)7-6-11-4-3-5-12(10-11)20(21,22)31(25,26)27/h3-10,24H,1-2H3,(H2,25,26,27). The number of methoxy groups -OCH3 is 2. The fourth-order valence-corrected chi connectivity index (χ4v) is 3.49. The smallest absolute Gasteiger partial charge is 0.399 e. The number of furan rings is 1. The van der Waals surface area contributed by atoms with Crippen LogP contribution in [0.2, 0.25) is 0 Å². The molecule has 2 aromatic carbocycles. The quantitative estimate of drug-likeness (QED) is 0.274. The number of carbonyl (C=O) groups excluding carboxylic acids is 1. The van der Waals surface area contributed by atoms with Crippen molar-refractivity contribution >= 4 is 30.4 Å². The van der Waals surface area contributed by atoms with Crippen LogP contribution in [0.1, 0.15) is 21.5 Å². The molecule has 0 unspecified atom stereocenters. The van der Waals surface area contributed by atoms with Crippen LogP contribution in [0.3, 0.4) is 0 Å². The maximum absolute atomic E-state index is 13.9. The lowest BCUT2D eigenvalue weighted by molar-refractivity contribution is 0.0564. The number of rotatable bonds is 7. The SMILES string of the molecule is COc1c(C(=O)C=Cc2cccc(C(F)(F)P(=O)(O)O)c2)c(O)c(OC)c2occc12. The van der Waals surface area contributed by atoms with Crippen molar-refractivity contribution in [2.75, 3.05) is 14.2 Å². The number of fused-ring (bicyclic) bond motifs is 1. The molecule has 3 N–H and O–H groups in total. The first kappa shape index (κ1) is 22.5. The van der Waals surface area contributed by atoms with E-state index in [1.807, 2.05) is 0 Å². The van der Waals surface area contributed by atoms with Gasteiger partial charge in [0.15, 0.2) is 17.1 Å². The minimum atomic E-state index is -5.74. The van der Waals surface area contributed by atoms with Crippen LogP contribution in [0.25, 0.3) is 17.0 Å². The highest BCUT2D eigenvalue weighted by atomic mass is 31.2. The first-order chi connectivity index (χ1) is 14.5. The fourth-order valence-electron chi connectivity index (χ4n) is 3.01. The molecule has 0 saturated heterocycles. The van der Waals surface area contributed by atoms with E-state index < -0.39 is 30.4 Å². The zero-order valence-electron chi connectivity index (χ0n) is 16.2. The molecule has 8 nitrogen and oxygen atoms in total. The van der Waals surface area contributed by atoms with Gasteiger partial charge < -0.3 is 28.8 Å². The van der Waals surface area contributed by atoms with Crippen molar-refractivity contribution in [3.8, 4) is 17.2 Å². The summed E-state index contributed by atoms with van der Waals surface area (Å²) >= 11 is 0. The van der Waals surface area contributed by atoms with Crippen molar-refractivity contribution in [3.63, 3.8) is 0 Å². The van der Waals surface area contributed by atoms with Gasteiger partial charge >= 0.3 is 13.3 Å². The zero-order chi connectivity index (χ0) is 23.0. The molecule has 164 valence electrons. The summed E-state index contributed by atoms with van der Waals surface area (Å²) in [5.74, 6) is -1.32. The molecule has 0 atom stereocenters. The second kappa shape index (κ2) is 8.14. The number of phenolic OH excluding ortho intramolecular Hbond substituents is 1. The average molecular weight is 454 g/mol. The lowest BCUT2D eigenvalue weighted by atomic mass is 10.0. The van der Waals surface area contributed by atoms with Gasteiger partial charge in [-0.1, -0.05) is 24.3 Å². The summed E-state index contributed by atoms with van der Waals surface area (Å²) in [6.07, 6.45) is 3.48. The Labute approximate surface area is 174 Å². The van der Waals surface area contributed by atoms with Crippen LogP contribution in [-0.2, 0) is 10.2 Å². The number of ketones is 1. The van der Waals surface area contributed by atoms with Gasteiger partial charge in [-0.05, 0) is 23.8 Å². The lowest BCUT2D eigenvalue weighted by Crippen LogP contribution is -2.13. The normalized spacial score (nSPS) is 12.5. The Kier molecular flexibility index (Phi) is 5.91. The summed E-state index contributed by atoms with van der Waals surface area (Å²) in [5, 5.41) is 10.9. The van der Waals surface area contributed by atoms with Crippen LogP contribution in [0.5, 0.6) is 17.2 Å². The Balaban J connectivity index is 2.03. The van der Waals surface area contributed by atoms with E-state index in [2.05, 4.69) is 0 Å². The number of carbonyl (C=O) groups is 1. The van der Waals surface area contributed by atoms with Gasteiger partial charge in [-0.25, -0.2) is 0 Å². The Morgan fingerprint density at radius 1 is 1.16 bits per heavy atom. The average Bonchev–Trinajstić information content (AvgIpc) is 3.19. The molecule has 0 radical (unpaired) electrons. The predicted octanol–water partition coefficient (Wildman–Crippen LogP) is 4.28. The van der Waals surface area contributed by atoms with Crippen molar-refractivity contribution in [2.45, 2.75) is 5.66 Å². The third-order valence-electron chi connectivity index (χ3n) is 4.48. The highest BCUT2D eigenvalue weighted by Crippen LogP contribution is 2.59. The predicted molar refractivity (Wildman–Crippen MR) is 107 cm³/mol. The zero-order valence-corrected chi connectivity index (χ0v) is 17.1. The van der Waals surface area contributed by atoms with Gasteiger partial charge in [0.05, 0.1) is 25.9 Å². The van der Waals surface area contributed by atoms with E-state index in [1.54, 1.807) is 0 Å². The number of benzene rings is 2. The van der Waals surface area contributed by atoms with Crippen molar-refractivity contribution in [2.24, 2.45) is 0 Å². The van der Waals surface area contributed by atoms with Crippen LogP contribution >= 0.6 is 7.60 Å². The Bertz CT molecular complexity index is 1230. The number of hydrogen-bond acceptors (Lipinski definition) is 6. The van der Waals surface area contributed by atoms with Gasteiger partial charge in [0.25, 0.3) is 0 Å². The minimum absolute atomic E-state index is 0.0264. The molecule has 3 aromatic rings. The number of aromatic hydroxyl groups is 1. The summed E-state index contributed by atoms with van der Waals surface area (Å²) in [6, 6.07) is 5.76. The molecule has 1 heterocycles. The van der Waals surface area contributed by atoms with E-state index in [4.69, 9.17) is 23.7 Å². The third kappa shape index (κ3) is 3.93. The number of alkyl halides is 2. The molecule has 0 spiro atoms. The monoisotopic (exact) mass is 454 g/mol. The fraction of sp³-hybridized carbons (Fsp3) is 0.150. The van der Waals surface area contributed by atoms with Gasteiger partial charge in [0, 0.05) is 5.56 Å². The first-order valence-electron chi connectivity index (χ1n) is 8.63. The molecule has 3 rings (SSSR count). The van der Waals surface area contributed by atoms with Crippen LogP contribution in [0.15, 0.2) is 47.1 Å². The molecule has 0 saturated carbocycles. The molecular formula is C20H17F2O8P. The minimum Gasteiger partial charge on any atom is -0.504 e. The molecule has 1 aromatic heterocycles. The lowest BCUT2D eigenvalue weighted by Gasteiger charge is -2.18. The maximum Gasteiger partial charge on any atom is 0.399 e. The van der Waals surface area contributed by atoms with Gasteiger partial charge in [0.2, 0.25) is 5.75 Å². The van der Waals surface area contributed by atoms with E-state index in [1.165, 1.54) is 38.7 Å². The number of allylic oxidation sites excluding steroid dienone is 1. The Morgan fingerprint density at radius 2 is 1.84 bits per heavy atom. The molecule has 0 amide bonds. The topological polar surface area (TPSA) is 126 Å². The van der Waals surface area contributed by atoms with E-state index in [0.717, 1.165) is 24.3 Å². The molecular weight excluding hydrogens is 437 g/mol. The summed E-state index contributed by atoms with van der Waals surface area (Å²) in [6.45, 7) is 0. The van der Waals surface area contributed by atoms with Crippen molar-refractivity contribution < 1.29 is 46.9 Å². The summed E-state index contributed by atoms with van der Waals surface area (Å²) in [4.78, 5) is 30.6. The first-order valence-corrected chi connectivity index (χ1v) is 10.2. The number of phenols is 1. The van der Waals surface area contributed by atoms with Gasteiger partial charge in [-0.2, -0.15) is 8.78 Å². The molecule has 0 aliphatic carbocycles. The summed E-state index contributed by atoms with van der Waals surface area (Å²) in [7, 11) is -3.17. The molecule has 0 fully saturated rings. The maximum atomic E-state index is 13.9. The van der Waals surface area contributed by atoms with Crippen LogP contribution in [-0.4, -0.2) is 34.9 Å². The molecule has 0 aliphatic heterocycles. The Hall–Kier alpha value is -3.20. The molecule has 0 bridgehead atoms. The molecule has 11 heteroatoms. The van der Waals surface area contributed by atoms with Crippen LogP contribution in [0.4, 0.5) is 8.78 Å². The number of ether oxygens (including phenoxy) is 2. The summed E-state index contributed by atoms with van der Waals surface area (Å²) in [5.41, 5.74) is -5.28. The highest BCUT2D eigenvalue weighted by Gasteiger charge is 2.50. The van der Waals surface area contributed by atoms with E-state index >= 15 is 0 Å². The van der Waals surface area contributed by atoms with E-state index in [9.17, 15) is 23.2 Å². The highest BCUT2D eigenvalue weighted by molar-refractivity contribution is 7.52. The van der Waals surface area contributed by atoms with E-state index in [0.29, 0.717) is 5.39 Å². The van der Waals surface area contributed by atoms with Crippen molar-refractivity contribution in [3.05, 3.63) is 59.4 Å². The van der Waals surface area contributed by atoms with Crippen molar-refractivity contribution in [1.82, 2.24) is 0 Å². The van der Waals surface area contributed by atoms with Gasteiger partial charge in [-0.15, -0.1) is 0 Å². The number of hydrogen-bond donors (Lipinski definition) is 3.